The van der Waals surface area contributed by atoms with Gasteiger partial charge in [-0.15, -0.1) is 0 Å². The summed E-state index contributed by atoms with van der Waals surface area (Å²) in [5, 5.41) is 9.30. The van der Waals surface area contributed by atoms with Gasteiger partial charge in [0.1, 0.15) is 11.2 Å². The highest BCUT2D eigenvalue weighted by molar-refractivity contribution is 7.89. The fourth-order valence-electron chi connectivity index (χ4n) is 2.25. The second kappa shape index (κ2) is 5.18. The van der Waals surface area contributed by atoms with Gasteiger partial charge in [0.25, 0.3) is 0 Å². The fraction of sp³-hybridized carbons (Fsp3) is 0.0667. The normalized spacial score (nSPS) is 11.9. The Morgan fingerprint density at radius 3 is 2.48 bits per heavy atom. The summed E-state index contributed by atoms with van der Waals surface area (Å²) in [4.78, 5) is 23.4. The molecule has 0 saturated carbocycles. The third kappa shape index (κ3) is 2.47. The molecule has 118 valence electrons. The molecule has 0 amide bonds. The van der Waals surface area contributed by atoms with E-state index in [0.29, 0.717) is 0 Å². The van der Waals surface area contributed by atoms with Gasteiger partial charge in [0, 0.05) is 6.07 Å². The molecule has 0 radical (unpaired) electrons. The molecule has 2 N–H and O–H groups in total. The second-order valence-corrected chi connectivity index (χ2v) is 6.70. The Morgan fingerprint density at radius 1 is 1.09 bits per heavy atom. The lowest BCUT2D eigenvalue weighted by Crippen LogP contribution is -2.18. The van der Waals surface area contributed by atoms with Crippen molar-refractivity contribution in [2.75, 3.05) is 7.05 Å². The fourth-order valence-corrected chi connectivity index (χ4v) is 3.00. The average molecular weight is 333 g/mol. The highest BCUT2D eigenvalue weighted by atomic mass is 32.2. The molecule has 7 nitrogen and oxygen atoms in total. The summed E-state index contributed by atoms with van der Waals surface area (Å²) in [6, 6.07) is 7.82. The van der Waals surface area contributed by atoms with E-state index < -0.39 is 21.4 Å². The molecule has 0 unspecified atom stereocenters. The van der Waals surface area contributed by atoms with Crippen LogP contribution in [0.1, 0.15) is 10.4 Å². The molecule has 3 aromatic rings. The molecule has 0 saturated heterocycles. The number of hydrogen-bond acceptors (Lipinski definition) is 5. The third-order valence-electron chi connectivity index (χ3n) is 3.47. The Kier molecular flexibility index (Phi) is 3.42. The molecular weight excluding hydrogens is 322 g/mol. The van der Waals surface area contributed by atoms with Crippen LogP contribution in [0, 0.1) is 0 Å². The van der Waals surface area contributed by atoms with Gasteiger partial charge in [-0.25, -0.2) is 17.9 Å². The van der Waals surface area contributed by atoms with Gasteiger partial charge >= 0.3 is 5.97 Å². The summed E-state index contributed by atoms with van der Waals surface area (Å²) in [5.41, 5.74) is -0.148. The van der Waals surface area contributed by atoms with Gasteiger partial charge in [0.05, 0.1) is 21.2 Å². The lowest BCUT2D eigenvalue weighted by atomic mass is 10.1. The monoisotopic (exact) mass is 333 g/mol. The van der Waals surface area contributed by atoms with E-state index in [1.54, 1.807) is 0 Å². The highest BCUT2D eigenvalue weighted by Gasteiger charge is 2.15. The average Bonchev–Trinajstić information content (AvgIpc) is 2.54. The van der Waals surface area contributed by atoms with Gasteiger partial charge in [-0.1, -0.05) is 0 Å². The predicted molar refractivity (Wildman–Crippen MR) is 83.2 cm³/mol. The molecule has 1 aromatic heterocycles. The molecule has 0 aliphatic heterocycles. The first-order valence-corrected chi connectivity index (χ1v) is 7.99. The number of nitrogens with one attached hydrogen (secondary N) is 1. The maximum Gasteiger partial charge on any atom is 0.335 e. The second-order valence-electron chi connectivity index (χ2n) is 4.81. The van der Waals surface area contributed by atoms with Gasteiger partial charge in [-0.3, -0.25) is 4.79 Å². The Balaban J connectivity index is 2.36. The molecule has 8 heteroatoms. The van der Waals surface area contributed by atoms with E-state index in [1.165, 1.54) is 43.4 Å². The van der Waals surface area contributed by atoms with Crippen LogP contribution < -0.4 is 10.2 Å². The van der Waals surface area contributed by atoms with Crippen molar-refractivity contribution < 1.29 is 22.7 Å². The summed E-state index contributed by atoms with van der Waals surface area (Å²) in [6.45, 7) is 0. The molecule has 0 aliphatic carbocycles. The van der Waals surface area contributed by atoms with Crippen LogP contribution in [0.15, 0.2) is 50.5 Å². The number of carbonyl (C=O) groups is 1. The van der Waals surface area contributed by atoms with Crippen LogP contribution in [0.5, 0.6) is 0 Å². The van der Waals surface area contributed by atoms with Crippen LogP contribution in [0.3, 0.4) is 0 Å². The summed E-state index contributed by atoms with van der Waals surface area (Å²) >= 11 is 0. The zero-order valence-corrected chi connectivity index (χ0v) is 12.7. The lowest BCUT2D eigenvalue weighted by molar-refractivity contribution is 0.0697. The van der Waals surface area contributed by atoms with Crippen molar-refractivity contribution in [3.63, 3.8) is 0 Å². The summed E-state index contributed by atoms with van der Waals surface area (Å²) in [5.74, 6) is -1.15. The van der Waals surface area contributed by atoms with Crippen LogP contribution in [0.4, 0.5) is 0 Å². The Bertz CT molecular complexity index is 1110. The van der Waals surface area contributed by atoms with Crippen LogP contribution in [-0.2, 0) is 10.0 Å². The van der Waals surface area contributed by atoms with E-state index in [-0.39, 0.29) is 32.4 Å². The number of rotatable bonds is 3. The van der Waals surface area contributed by atoms with E-state index in [2.05, 4.69) is 4.72 Å². The first kappa shape index (κ1) is 15.2. The van der Waals surface area contributed by atoms with Crippen LogP contribution >= 0.6 is 0 Å². The summed E-state index contributed by atoms with van der Waals surface area (Å²) < 4.78 is 31.4. The molecule has 2 aromatic carbocycles. The van der Waals surface area contributed by atoms with Crippen molar-refractivity contribution in [2.45, 2.75) is 4.90 Å². The maximum atomic E-state index is 12.5. The van der Waals surface area contributed by atoms with Gasteiger partial charge in [-0.05, 0) is 37.4 Å². The molecule has 3 rings (SSSR count). The van der Waals surface area contributed by atoms with Crippen molar-refractivity contribution in [3.8, 4) is 0 Å². The molecule has 1 heterocycles. The highest BCUT2D eigenvalue weighted by Crippen LogP contribution is 2.22. The zero-order valence-electron chi connectivity index (χ0n) is 11.9. The number of sulfonamides is 1. The molecule has 0 bridgehead atoms. The van der Waals surface area contributed by atoms with E-state index in [4.69, 9.17) is 9.52 Å². The van der Waals surface area contributed by atoms with Crippen molar-refractivity contribution in [1.82, 2.24) is 4.72 Å². The van der Waals surface area contributed by atoms with Crippen molar-refractivity contribution >= 4 is 37.9 Å². The number of fused-ring (bicyclic) bond motifs is 2. The summed E-state index contributed by atoms with van der Waals surface area (Å²) in [6.07, 6.45) is 0. The number of carboxylic acids is 1. The van der Waals surface area contributed by atoms with Gasteiger partial charge in [0.15, 0.2) is 0 Å². The standard InChI is InChI=1S/C15H11NO6S/c1-16-23(20,21)9-3-4-10-13(7-9)22-12-5-2-8(15(18)19)6-11(12)14(10)17/h2-7,16H,1H3,(H,18,19). The van der Waals surface area contributed by atoms with Crippen molar-refractivity contribution in [2.24, 2.45) is 0 Å². The molecular formula is C15H11NO6S. The van der Waals surface area contributed by atoms with E-state index in [9.17, 15) is 18.0 Å². The van der Waals surface area contributed by atoms with Crippen LogP contribution in [-0.4, -0.2) is 26.5 Å². The number of carboxylic acid groups (broad SMARTS) is 1. The van der Waals surface area contributed by atoms with Crippen molar-refractivity contribution in [3.05, 3.63) is 52.2 Å². The van der Waals surface area contributed by atoms with Crippen LogP contribution in [0.2, 0.25) is 0 Å². The molecule has 0 atom stereocenters. The van der Waals surface area contributed by atoms with Crippen LogP contribution in [0.25, 0.3) is 21.9 Å². The summed E-state index contributed by atoms with van der Waals surface area (Å²) in [7, 11) is -2.38. The van der Waals surface area contributed by atoms with Gasteiger partial charge in [-0.2, -0.15) is 0 Å². The lowest BCUT2D eigenvalue weighted by Gasteiger charge is -2.05. The quantitative estimate of drug-likeness (QED) is 0.703. The SMILES string of the molecule is CNS(=O)(=O)c1ccc2c(=O)c3cc(C(=O)O)ccc3oc2c1. The predicted octanol–water partition coefficient (Wildman–Crippen LogP) is 1.55. The minimum atomic E-state index is -3.66. The van der Waals surface area contributed by atoms with Gasteiger partial charge < -0.3 is 9.52 Å². The Morgan fingerprint density at radius 2 is 1.83 bits per heavy atom. The minimum Gasteiger partial charge on any atom is -0.478 e. The number of hydrogen-bond donors (Lipinski definition) is 2. The molecule has 23 heavy (non-hydrogen) atoms. The maximum absolute atomic E-state index is 12.5. The number of aromatic carboxylic acids is 1. The minimum absolute atomic E-state index is 0.0291. The number of benzene rings is 2. The van der Waals surface area contributed by atoms with Gasteiger partial charge in [0.2, 0.25) is 15.5 Å². The molecule has 0 aliphatic rings. The first-order valence-electron chi connectivity index (χ1n) is 6.51. The van der Waals surface area contributed by atoms with E-state index in [1.807, 2.05) is 0 Å². The third-order valence-corrected chi connectivity index (χ3v) is 4.88. The van der Waals surface area contributed by atoms with E-state index >= 15 is 0 Å². The molecule has 0 spiro atoms. The van der Waals surface area contributed by atoms with Crippen molar-refractivity contribution in [1.29, 1.82) is 0 Å². The first-order chi connectivity index (χ1) is 10.8. The molecule has 0 fully saturated rings. The topological polar surface area (TPSA) is 114 Å². The Labute approximate surface area is 130 Å². The zero-order chi connectivity index (χ0) is 16.8. The smallest absolute Gasteiger partial charge is 0.335 e. The largest absolute Gasteiger partial charge is 0.478 e. The van der Waals surface area contributed by atoms with E-state index in [0.717, 1.165) is 0 Å². The Hall–Kier alpha value is -2.71.